The van der Waals surface area contributed by atoms with Crippen molar-refractivity contribution >= 4 is 17.5 Å². The molecule has 0 saturated heterocycles. The summed E-state index contributed by atoms with van der Waals surface area (Å²) >= 11 is 0. The second-order valence-corrected chi connectivity index (χ2v) is 6.58. The second-order valence-electron chi connectivity index (χ2n) is 6.58. The fourth-order valence-electron chi connectivity index (χ4n) is 2.19. The molecule has 2 N–H and O–H groups in total. The van der Waals surface area contributed by atoms with Crippen LogP contribution in [0.25, 0.3) is 5.69 Å². The van der Waals surface area contributed by atoms with Crippen LogP contribution in [-0.4, -0.2) is 27.9 Å². The third kappa shape index (κ3) is 4.01. The average Bonchev–Trinajstić information content (AvgIpc) is 2.86. The van der Waals surface area contributed by atoms with Crippen LogP contribution in [0.2, 0.25) is 0 Å². The summed E-state index contributed by atoms with van der Waals surface area (Å²) in [6, 6.07) is 7.59. The number of benzene rings is 1. The lowest BCUT2D eigenvalue weighted by Gasteiger charge is -2.23. The van der Waals surface area contributed by atoms with Crippen molar-refractivity contribution in [2.45, 2.75) is 34.6 Å². The summed E-state index contributed by atoms with van der Waals surface area (Å²) in [4.78, 5) is 27.7. The summed E-state index contributed by atoms with van der Waals surface area (Å²) in [5.41, 5.74) is 3.09. The third-order valence-electron chi connectivity index (χ3n) is 4.05. The van der Waals surface area contributed by atoms with Gasteiger partial charge in [0, 0.05) is 30.5 Å². The van der Waals surface area contributed by atoms with E-state index in [1.807, 2.05) is 42.7 Å². The molecule has 128 valence electrons. The Morgan fingerprint density at radius 1 is 1.17 bits per heavy atom. The molecular weight excluding hydrogens is 304 g/mol. The van der Waals surface area contributed by atoms with E-state index in [2.05, 4.69) is 15.6 Å². The minimum Gasteiger partial charge on any atom is -0.355 e. The van der Waals surface area contributed by atoms with Crippen molar-refractivity contribution in [3.8, 4) is 5.69 Å². The van der Waals surface area contributed by atoms with Crippen molar-refractivity contribution in [1.29, 1.82) is 0 Å². The van der Waals surface area contributed by atoms with Crippen molar-refractivity contribution in [3.63, 3.8) is 0 Å². The predicted octanol–water partition coefficient (Wildman–Crippen LogP) is 2.59. The minimum atomic E-state index is -0.692. The highest BCUT2D eigenvalue weighted by Gasteiger charge is 2.27. The molecule has 0 unspecified atom stereocenters. The van der Waals surface area contributed by atoms with Gasteiger partial charge >= 0.3 is 0 Å². The number of hydrogen-bond donors (Lipinski definition) is 2. The Morgan fingerprint density at radius 2 is 1.79 bits per heavy atom. The van der Waals surface area contributed by atoms with Crippen molar-refractivity contribution in [1.82, 2.24) is 14.9 Å². The number of nitrogens with one attached hydrogen (secondary N) is 2. The lowest BCUT2D eigenvalue weighted by molar-refractivity contribution is -0.124. The normalized spacial score (nSPS) is 11.2. The number of hydrogen-bond acceptors (Lipinski definition) is 3. The standard InChI is InChI=1S/C18H24N4O2/c1-12-13(2)22(11-20-12)16-8-6-15(7-9-16)21-17(24)18(4,5)10-19-14(3)23/h6-9,11H,10H2,1-5H3,(H,19,23)(H,21,24). The van der Waals surface area contributed by atoms with Crippen LogP contribution >= 0.6 is 0 Å². The Kier molecular flexibility index (Phi) is 5.07. The highest BCUT2D eigenvalue weighted by atomic mass is 16.2. The number of anilines is 1. The fourth-order valence-corrected chi connectivity index (χ4v) is 2.19. The first kappa shape index (κ1) is 17.7. The van der Waals surface area contributed by atoms with Gasteiger partial charge in [-0.2, -0.15) is 0 Å². The Hall–Kier alpha value is -2.63. The number of carbonyl (C=O) groups is 2. The van der Waals surface area contributed by atoms with Crippen LogP contribution in [0.3, 0.4) is 0 Å². The lowest BCUT2D eigenvalue weighted by atomic mass is 9.92. The SMILES string of the molecule is CC(=O)NCC(C)(C)C(=O)Nc1ccc(-n2cnc(C)c2C)cc1. The molecule has 0 atom stereocenters. The van der Waals surface area contributed by atoms with Crippen molar-refractivity contribution in [3.05, 3.63) is 42.0 Å². The van der Waals surface area contributed by atoms with Crippen LogP contribution in [0, 0.1) is 19.3 Å². The van der Waals surface area contributed by atoms with Crippen LogP contribution in [0.15, 0.2) is 30.6 Å². The first-order valence-electron chi connectivity index (χ1n) is 7.87. The van der Waals surface area contributed by atoms with E-state index in [9.17, 15) is 9.59 Å². The summed E-state index contributed by atoms with van der Waals surface area (Å²) < 4.78 is 2.00. The van der Waals surface area contributed by atoms with Gasteiger partial charge in [0.05, 0.1) is 17.4 Å². The zero-order chi connectivity index (χ0) is 17.9. The number of amides is 2. The molecule has 0 aliphatic heterocycles. The van der Waals surface area contributed by atoms with E-state index in [-0.39, 0.29) is 11.8 Å². The van der Waals surface area contributed by atoms with Gasteiger partial charge < -0.3 is 15.2 Å². The van der Waals surface area contributed by atoms with Crippen LogP contribution in [0.1, 0.15) is 32.2 Å². The van der Waals surface area contributed by atoms with Crippen molar-refractivity contribution < 1.29 is 9.59 Å². The first-order chi connectivity index (χ1) is 11.2. The van der Waals surface area contributed by atoms with Crippen LogP contribution in [-0.2, 0) is 9.59 Å². The smallest absolute Gasteiger partial charge is 0.231 e. The highest BCUT2D eigenvalue weighted by Crippen LogP contribution is 2.20. The van der Waals surface area contributed by atoms with Gasteiger partial charge in [0.15, 0.2) is 0 Å². The van der Waals surface area contributed by atoms with Gasteiger partial charge in [0.2, 0.25) is 11.8 Å². The summed E-state index contributed by atoms with van der Waals surface area (Å²) in [5, 5.41) is 5.57. The Labute approximate surface area is 142 Å². The molecule has 1 aromatic heterocycles. The van der Waals surface area contributed by atoms with E-state index in [0.717, 1.165) is 17.1 Å². The van der Waals surface area contributed by atoms with Crippen LogP contribution in [0.4, 0.5) is 5.69 Å². The van der Waals surface area contributed by atoms with E-state index in [1.165, 1.54) is 6.92 Å². The minimum absolute atomic E-state index is 0.140. The van der Waals surface area contributed by atoms with E-state index in [4.69, 9.17) is 0 Å². The zero-order valence-electron chi connectivity index (χ0n) is 14.8. The molecule has 0 radical (unpaired) electrons. The molecule has 2 aromatic rings. The van der Waals surface area contributed by atoms with Gasteiger partial charge in [-0.3, -0.25) is 9.59 Å². The summed E-state index contributed by atoms with van der Waals surface area (Å²) in [6.45, 7) is 9.31. The molecule has 24 heavy (non-hydrogen) atoms. The van der Waals surface area contributed by atoms with E-state index < -0.39 is 5.41 Å². The van der Waals surface area contributed by atoms with E-state index in [1.54, 1.807) is 20.2 Å². The van der Waals surface area contributed by atoms with Crippen LogP contribution in [0.5, 0.6) is 0 Å². The number of rotatable bonds is 5. The Bertz CT molecular complexity index is 745. The maximum atomic E-state index is 12.4. The second kappa shape index (κ2) is 6.86. The molecular formula is C18H24N4O2. The molecule has 0 aliphatic carbocycles. The van der Waals surface area contributed by atoms with E-state index >= 15 is 0 Å². The molecule has 6 nitrogen and oxygen atoms in total. The molecule has 0 saturated carbocycles. The van der Waals surface area contributed by atoms with Gasteiger partial charge in [-0.05, 0) is 52.0 Å². The monoisotopic (exact) mass is 328 g/mol. The maximum Gasteiger partial charge on any atom is 0.231 e. The van der Waals surface area contributed by atoms with Gasteiger partial charge in [-0.25, -0.2) is 4.98 Å². The van der Waals surface area contributed by atoms with Gasteiger partial charge in [0.25, 0.3) is 0 Å². The number of nitrogens with zero attached hydrogens (tertiary/aromatic N) is 2. The largest absolute Gasteiger partial charge is 0.355 e. The maximum absolute atomic E-state index is 12.4. The number of carbonyl (C=O) groups excluding carboxylic acids is 2. The molecule has 1 heterocycles. The average molecular weight is 328 g/mol. The van der Waals surface area contributed by atoms with Gasteiger partial charge in [0.1, 0.15) is 0 Å². The van der Waals surface area contributed by atoms with E-state index in [0.29, 0.717) is 12.2 Å². The van der Waals surface area contributed by atoms with Gasteiger partial charge in [-0.1, -0.05) is 0 Å². The number of aromatic nitrogens is 2. The molecule has 0 fully saturated rings. The molecule has 0 aliphatic rings. The summed E-state index contributed by atoms with van der Waals surface area (Å²) in [6.07, 6.45) is 1.79. The quantitative estimate of drug-likeness (QED) is 0.886. The third-order valence-corrected chi connectivity index (χ3v) is 4.05. The fraction of sp³-hybridized carbons (Fsp3) is 0.389. The number of imidazole rings is 1. The topological polar surface area (TPSA) is 76.0 Å². The molecule has 6 heteroatoms. The molecule has 0 spiro atoms. The van der Waals surface area contributed by atoms with Crippen molar-refractivity contribution in [2.75, 3.05) is 11.9 Å². The van der Waals surface area contributed by atoms with Crippen LogP contribution < -0.4 is 10.6 Å². The number of aryl methyl sites for hydroxylation is 1. The molecule has 0 bridgehead atoms. The van der Waals surface area contributed by atoms with Gasteiger partial charge in [-0.15, -0.1) is 0 Å². The summed E-state index contributed by atoms with van der Waals surface area (Å²) in [7, 11) is 0. The first-order valence-corrected chi connectivity index (χ1v) is 7.87. The summed E-state index contributed by atoms with van der Waals surface area (Å²) in [5.74, 6) is -0.287. The Balaban J connectivity index is 2.07. The van der Waals surface area contributed by atoms with Crippen molar-refractivity contribution in [2.24, 2.45) is 5.41 Å². The molecule has 2 rings (SSSR count). The Morgan fingerprint density at radius 3 is 2.29 bits per heavy atom. The lowest BCUT2D eigenvalue weighted by Crippen LogP contribution is -2.41. The molecule has 1 aromatic carbocycles. The highest BCUT2D eigenvalue weighted by molar-refractivity contribution is 5.95. The zero-order valence-corrected chi connectivity index (χ0v) is 14.8. The predicted molar refractivity (Wildman–Crippen MR) is 94.1 cm³/mol. The molecule has 2 amide bonds.